The minimum atomic E-state index is -1.27. The number of esters is 1. The lowest BCUT2D eigenvalue weighted by Gasteiger charge is -2.31. The predicted octanol–water partition coefficient (Wildman–Crippen LogP) is 3.25. The van der Waals surface area contributed by atoms with E-state index in [0.717, 1.165) is 17.3 Å². The molecule has 188 valence electrons. The number of nitrogens with zero attached hydrogens (tertiary/aromatic N) is 1. The summed E-state index contributed by atoms with van der Waals surface area (Å²) < 4.78 is 15.8. The Labute approximate surface area is 221 Å². The van der Waals surface area contributed by atoms with Gasteiger partial charge in [0.05, 0.1) is 48.2 Å². The van der Waals surface area contributed by atoms with Crippen molar-refractivity contribution in [3.05, 3.63) is 68.7 Å². The largest absolute Gasteiger partial charge is 0.497 e. The molecule has 1 aliphatic heterocycles. The van der Waals surface area contributed by atoms with Gasteiger partial charge in [-0.15, -0.1) is 0 Å². The van der Waals surface area contributed by atoms with Gasteiger partial charge in [0.2, 0.25) is 11.8 Å². The van der Waals surface area contributed by atoms with Crippen LogP contribution in [0.4, 0.5) is 0 Å². The number of carbonyl (C=O) groups is 3. The van der Waals surface area contributed by atoms with Gasteiger partial charge in [-0.25, -0.2) is 0 Å². The Balaban J connectivity index is 1.82. The Hall–Kier alpha value is -3.49. The van der Waals surface area contributed by atoms with Crippen molar-refractivity contribution >= 4 is 45.5 Å². The predicted molar refractivity (Wildman–Crippen MR) is 137 cm³/mol. The van der Waals surface area contributed by atoms with Crippen LogP contribution in [0.3, 0.4) is 0 Å². The van der Waals surface area contributed by atoms with Crippen LogP contribution in [-0.2, 0) is 25.7 Å². The quantitative estimate of drug-likeness (QED) is 0.345. The minimum absolute atomic E-state index is 0.0428. The van der Waals surface area contributed by atoms with Crippen LogP contribution in [-0.4, -0.2) is 44.9 Å². The average Bonchev–Trinajstić information content (AvgIpc) is 2.89. The molecule has 2 N–H and O–H groups in total. The van der Waals surface area contributed by atoms with Crippen LogP contribution in [0.5, 0.6) is 11.5 Å². The lowest BCUT2D eigenvalue weighted by atomic mass is 9.78. The van der Waals surface area contributed by atoms with Crippen LogP contribution in [0, 0.1) is 17.2 Å². The summed E-state index contributed by atoms with van der Waals surface area (Å²) >= 11 is 4.43. The maximum atomic E-state index is 12.9. The zero-order valence-corrected chi connectivity index (χ0v) is 22.2. The van der Waals surface area contributed by atoms with Gasteiger partial charge in [0, 0.05) is 12.5 Å². The Bertz CT molecular complexity index is 1230. The van der Waals surface area contributed by atoms with E-state index >= 15 is 0 Å². The van der Waals surface area contributed by atoms with Crippen LogP contribution in [0.25, 0.3) is 0 Å². The first-order chi connectivity index (χ1) is 17.3. The fourth-order valence-electron chi connectivity index (χ4n) is 3.69. The first-order valence-electron chi connectivity index (χ1n) is 10.7. The number of ether oxygens (including phenoxy) is 3. The number of hydrogen-bond donors (Lipinski definition) is 2. The summed E-state index contributed by atoms with van der Waals surface area (Å²) in [4.78, 5) is 38.0. The number of nitrogens with one attached hydrogen (secondary N) is 2. The van der Waals surface area contributed by atoms with Crippen molar-refractivity contribution in [3.63, 3.8) is 0 Å². The number of hydrogen-bond acceptors (Lipinski definition) is 8. The Morgan fingerprint density at radius 2 is 1.86 bits per heavy atom. The maximum Gasteiger partial charge on any atom is 0.319 e. The van der Waals surface area contributed by atoms with Gasteiger partial charge in [-0.3, -0.25) is 14.4 Å². The number of thioether (sulfide) groups is 1. The fourth-order valence-corrected chi connectivity index (χ4v) is 5.13. The lowest BCUT2D eigenvalue weighted by Crippen LogP contribution is -2.44. The van der Waals surface area contributed by atoms with E-state index < -0.39 is 23.7 Å². The summed E-state index contributed by atoms with van der Waals surface area (Å²) in [6, 6.07) is 14.5. The molecule has 2 atom stereocenters. The number of allylic oxidation sites excluding steroid dienone is 1. The molecule has 9 nitrogen and oxygen atoms in total. The number of halogens is 1. The molecular weight excluding hydrogens is 550 g/mol. The molecule has 3 rings (SSSR count). The molecular formula is C25H24BrN3O6S. The van der Waals surface area contributed by atoms with Crippen LogP contribution in [0.2, 0.25) is 0 Å². The third kappa shape index (κ3) is 6.19. The Morgan fingerprint density at radius 3 is 2.44 bits per heavy atom. The van der Waals surface area contributed by atoms with Crippen molar-refractivity contribution < 1.29 is 28.6 Å². The van der Waals surface area contributed by atoms with Gasteiger partial charge in [-0.1, -0.05) is 30.0 Å². The summed E-state index contributed by atoms with van der Waals surface area (Å²) in [5.74, 6) is -2.60. The molecule has 0 radical (unpaired) electrons. The SMILES string of the molecule is COC(=O)[C@@H]1C(=O)NC(SCC(=O)NCc2ccc(OC)cc2)=C(C#N)[C@@H]1c1ccc(OC)c(Br)c1. The molecule has 0 fully saturated rings. The molecule has 0 aliphatic carbocycles. The van der Waals surface area contributed by atoms with E-state index in [2.05, 4.69) is 32.6 Å². The number of rotatable bonds is 9. The van der Waals surface area contributed by atoms with E-state index in [1.165, 1.54) is 14.2 Å². The molecule has 36 heavy (non-hydrogen) atoms. The van der Waals surface area contributed by atoms with Crippen LogP contribution in [0.15, 0.2) is 57.5 Å². The number of benzene rings is 2. The van der Waals surface area contributed by atoms with E-state index in [-0.39, 0.29) is 22.3 Å². The normalized spacial score (nSPS) is 17.0. The Kier molecular flexibility index (Phi) is 9.38. The molecule has 0 unspecified atom stereocenters. The second-order valence-corrected chi connectivity index (χ2v) is 9.47. The fraction of sp³-hybridized carbons (Fsp3) is 0.280. The van der Waals surface area contributed by atoms with Gasteiger partial charge >= 0.3 is 5.97 Å². The standard InChI is InChI=1S/C25H24BrN3O6S/c1-33-16-7-4-14(5-8-16)12-28-20(30)13-36-24-17(11-27)21(22(23(31)29-24)25(32)35-3)15-6-9-19(34-2)18(26)10-15/h4-10,21-22H,12-13H2,1-3H3,(H,28,30)(H,29,31)/t21-,22-/m0/s1. The molecule has 0 saturated heterocycles. The van der Waals surface area contributed by atoms with Crippen LogP contribution in [0.1, 0.15) is 17.0 Å². The monoisotopic (exact) mass is 573 g/mol. The zero-order valence-electron chi connectivity index (χ0n) is 19.8. The topological polar surface area (TPSA) is 127 Å². The smallest absolute Gasteiger partial charge is 0.319 e. The van der Waals surface area contributed by atoms with Crippen LogP contribution < -0.4 is 20.1 Å². The van der Waals surface area contributed by atoms with Gasteiger partial charge in [-0.2, -0.15) is 5.26 Å². The zero-order chi connectivity index (χ0) is 26.2. The van der Waals surface area contributed by atoms with Gasteiger partial charge < -0.3 is 24.8 Å². The van der Waals surface area contributed by atoms with Crippen LogP contribution >= 0.6 is 27.7 Å². The molecule has 1 heterocycles. The molecule has 2 aromatic rings. The molecule has 0 aromatic heterocycles. The summed E-state index contributed by atoms with van der Waals surface area (Å²) in [5, 5.41) is 15.6. The number of nitriles is 1. The average molecular weight is 574 g/mol. The van der Waals surface area contributed by atoms with E-state index in [9.17, 15) is 19.6 Å². The second-order valence-electron chi connectivity index (χ2n) is 7.63. The number of amides is 2. The minimum Gasteiger partial charge on any atom is -0.497 e. The molecule has 0 spiro atoms. The summed E-state index contributed by atoms with van der Waals surface area (Å²) in [7, 11) is 4.28. The highest BCUT2D eigenvalue weighted by Gasteiger charge is 2.44. The van der Waals surface area contributed by atoms with E-state index in [0.29, 0.717) is 28.1 Å². The third-order valence-corrected chi connectivity index (χ3v) is 7.15. The van der Waals surface area contributed by atoms with Crippen molar-refractivity contribution in [3.8, 4) is 17.6 Å². The third-order valence-electron chi connectivity index (χ3n) is 5.52. The number of carbonyl (C=O) groups excluding carboxylic acids is 3. The molecule has 0 bridgehead atoms. The van der Waals surface area contributed by atoms with Crippen molar-refractivity contribution in [2.75, 3.05) is 27.1 Å². The van der Waals surface area contributed by atoms with Gasteiger partial charge in [0.15, 0.2) is 0 Å². The molecule has 0 saturated carbocycles. The summed E-state index contributed by atoms with van der Waals surface area (Å²) in [6.07, 6.45) is 0. The molecule has 2 aromatic carbocycles. The van der Waals surface area contributed by atoms with Gasteiger partial charge in [0.1, 0.15) is 17.4 Å². The van der Waals surface area contributed by atoms with Gasteiger partial charge in [0.25, 0.3) is 0 Å². The van der Waals surface area contributed by atoms with Crippen molar-refractivity contribution in [1.82, 2.24) is 10.6 Å². The first kappa shape index (κ1) is 27.1. The van der Waals surface area contributed by atoms with Gasteiger partial charge in [-0.05, 0) is 51.3 Å². The van der Waals surface area contributed by atoms with Crippen molar-refractivity contribution in [2.45, 2.75) is 12.5 Å². The number of methoxy groups -OCH3 is 3. The highest BCUT2D eigenvalue weighted by Crippen LogP contribution is 2.42. The highest BCUT2D eigenvalue weighted by atomic mass is 79.9. The summed E-state index contributed by atoms with van der Waals surface area (Å²) in [6.45, 7) is 0.312. The van der Waals surface area contributed by atoms with Crippen molar-refractivity contribution in [1.29, 1.82) is 5.26 Å². The van der Waals surface area contributed by atoms with E-state index in [1.807, 2.05) is 12.1 Å². The van der Waals surface area contributed by atoms with Crippen molar-refractivity contribution in [2.24, 2.45) is 5.92 Å². The van der Waals surface area contributed by atoms with E-state index in [1.54, 1.807) is 37.4 Å². The van der Waals surface area contributed by atoms with E-state index in [4.69, 9.17) is 14.2 Å². The highest BCUT2D eigenvalue weighted by molar-refractivity contribution is 9.10. The molecule has 1 aliphatic rings. The maximum absolute atomic E-state index is 12.9. The first-order valence-corrected chi connectivity index (χ1v) is 12.5. The summed E-state index contributed by atoms with van der Waals surface area (Å²) in [5.41, 5.74) is 1.60. The lowest BCUT2D eigenvalue weighted by molar-refractivity contribution is -0.150. The second kappa shape index (κ2) is 12.5. The Morgan fingerprint density at radius 1 is 1.14 bits per heavy atom. The molecule has 2 amide bonds. The molecule has 11 heteroatoms.